The van der Waals surface area contributed by atoms with Crippen LogP contribution in [0.3, 0.4) is 0 Å². The summed E-state index contributed by atoms with van der Waals surface area (Å²) in [5.41, 5.74) is 2.52. The highest BCUT2D eigenvalue weighted by molar-refractivity contribution is 7.99. The van der Waals surface area contributed by atoms with Crippen LogP contribution >= 0.6 is 11.8 Å². The molecule has 0 unspecified atom stereocenters. The highest BCUT2D eigenvalue weighted by atomic mass is 32.2. The Hall–Kier alpha value is -4.25. The van der Waals surface area contributed by atoms with E-state index in [2.05, 4.69) is 25.4 Å². The van der Waals surface area contributed by atoms with Crippen molar-refractivity contribution in [1.82, 2.24) is 20.1 Å². The van der Waals surface area contributed by atoms with Crippen LogP contribution in [0.25, 0.3) is 11.5 Å². The van der Waals surface area contributed by atoms with E-state index in [-0.39, 0.29) is 23.1 Å². The molecule has 11 heteroatoms. The molecule has 0 saturated carbocycles. The summed E-state index contributed by atoms with van der Waals surface area (Å²) in [5, 5.41) is 11.1. The maximum Gasteiger partial charge on any atom is 0.277 e. The lowest BCUT2D eigenvalue weighted by molar-refractivity contribution is -0.113. The summed E-state index contributed by atoms with van der Waals surface area (Å²) in [7, 11) is 0. The van der Waals surface area contributed by atoms with Crippen LogP contribution in [0.2, 0.25) is 0 Å². The second-order valence-corrected chi connectivity index (χ2v) is 9.18. The van der Waals surface area contributed by atoms with E-state index < -0.39 is 5.82 Å². The molecule has 9 nitrogen and oxygen atoms in total. The van der Waals surface area contributed by atoms with Crippen molar-refractivity contribution in [3.05, 3.63) is 84.4 Å². The fraction of sp³-hybridized carbons (Fsp3) is 0.192. The van der Waals surface area contributed by atoms with Crippen molar-refractivity contribution in [3.63, 3.8) is 0 Å². The highest BCUT2D eigenvalue weighted by Gasteiger charge is 2.24. The summed E-state index contributed by atoms with van der Waals surface area (Å²) >= 11 is 1.16. The van der Waals surface area contributed by atoms with E-state index in [1.54, 1.807) is 41.6 Å². The van der Waals surface area contributed by atoms with Crippen LogP contribution in [0.5, 0.6) is 0 Å². The number of carbonyl (C=O) groups is 2. The Morgan fingerprint density at radius 3 is 2.41 bits per heavy atom. The Morgan fingerprint density at radius 2 is 1.68 bits per heavy atom. The van der Waals surface area contributed by atoms with Gasteiger partial charge in [-0.3, -0.25) is 14.6 Å². The molecule has 1 fully saturated rings. The first kappa shape index (κ1) is 24.4. The second-order valence-electron chi connectivity index (χ2n) is 8.25. The number of aromatic nitrogens is 3. The minimum absolute atomic E-state index is 0.0995. The van der Waals surface area contributed by atoms with Gasteiger partial charge >= 0.3 is 0 Å². The van der Waals surface area contributed by atoms with E-state index in [0.29, 0.717) is 43.0 Å². The molecule has 0 spiro atoms. The number of amides is 2. The van der Waals surface area contributed by atoms with Gasteiger partial charge < -0.3 is 19.5 Å². The molecule has 3 heterocycles. The largest absolute Gasteiger partial charge is 0.411 e. The summed E-state index contributed by atoms with van der Waals surface area (Å²) in [6.07, 6.45) is 3.28. The number of rotatable bonds is 7. The molecule has 1 aliphatic heterocycles. The van der Waals surface area contributed by atoms with E-state index in [0.717, 1.165) is 23.0 Å². The summed E-state index contributed by atoms with van der Waals surface area (Å²) in [4.78, 5) is 32.8. The minimum atomic E-state index is -0.502. The van der Waals surface area contributed by atoms with Gasteiger partial charge in [-0.05, 0) is 48.5 Å². The number of nitrogens with zero attached hydrogens (tertiary/aromatic N) is 5. The van der Waals surface area contributed by atoms with Gasteiger partial charge in [0.1, 0.15) is 5.82 Å². The Balaban J connectivity index is 1.09. The van der Waals surface area contributed by atoms with Crippen molar-refractivity contribution in [2.24, 2.45) is 0 Å². The molecule has 0 aliphatic carbocycles. The SMILES string of the molecule is O=C(CSc1nnc(-c2ccncc2)o1)Nc1ccc(N2CCN(C(=O)c3ccccc3F)CC2)cc1. The zero-order valence-electron chi connectivity index (χ0n) is 19.7. The second kappa shape index (κ2) is 11.2. The predicted molar refractivity (Wildman–Crippen MR) is 138 cm³/mol. The lowest BCUT2D eigenvalue weighted by Gasteiger charge is -2.36. The van der Waals surface area contributed by atoms with Gasteiger partial charge in [0.15, 0.2) is 0 Å². The van der Waals surface area contributed by atoms with Gasteiger partial charge in [0.05, 0.1) is 11.3 Å². The first-order chi connectivity index (χ1) is 18.1. The van der Waals surface area contributed by atoms with Crippen LogP contribution in [0.15, 0.2) is 82.7 Å². The number of halogens is 1. The topological polar surface area (TPSA) is 104 Å². The third kappa shape index (κ3) is 5.95. The maximum absolute atomic E-state index is 14.0. The van der Waals surface area contributed by atoms with E-state index in [9.17, 15) is 14.0 Å². The third-order valence-corrected chi connectivity index (χ3v) is 6.67. The number of anilines is 2. The van der Waals surface area contributed by atoms with Gasteiger partial charge in [0.25, 0.3) is 11.1 Å². The molecular weight excluding hydrogens is 495 g/mol. The number of pyridine rings is 1. The van der Waals surface area contributed by atoms with Crippen LogP contribution in [-0.4, -0.2) is 63.8 Å². The fourth-order valence-electron chi connectivity index (χ4n) is 3.93. The standard InChI is InChI=1S/C26H23FN6O3S/c27-22-4-2-1-3-21(22)25(35)33-15-13-32(14-16-33)20-7-5-19(6-8-20)29-23(34)17-37-26-31-30-24(36-26)18-9-11-28-12-10-18/h1-12H,13-17H2,(H,29,34). The molecule has 4 aromatic rings. The van der Waals surface area contributed by atoms with Crippen LogP contribution in [0, 0.1) is 5.82 Å². The molecule has 0 atom stereocenters. The van der Waals surface area contributed by atoms with Gasteiger partial charge in [-0.2, -0.15) is 0 Å². The molecule has 1 aliphatic rings. The third-order valence-electron chi connectivity index (χ3n) is 5.85. The Morgan fingerprint density at radius 1 is 0.946 bits per heavy atom. The van der Waals surface area contributed by atoms with Crippen molar-refractivity contribution >= 4 is 35.0 Å². The molecule has 0 radical (unpaired) electrons. The monoisotopic (exact) mass is 518 g/mol. The number of nitrogens with one attached hydrogen (secondary N) is 1. The maximum atomic E-state index is 14.0. The molecule has 2 amide bonds. The van der Waals surface area contributed by atoms with E-state index in [1.807, 2.05) is 24.3 Å². The molecule has 1 saturated heterocycles. The molecular formula is C26H23FN6O3S. The van der Waals surface area contributed by atoms with Crippen molar-refractivity contribution in [2.75, 3.05) is 42.1 Å². The number of benzene rings is 2. The van der Waals surface area contributed by atoms with Crippen LogP contribution in [0.4, 0.5) is 15.8 Å². The van der Waals surface area contributed by atoms with Crippen LogP contribution in [0.1, 0.15) is 10.4 Å². The fourth-order valence-corrected chi connectivity index (χ4v) is 4.50. The average molecular weight is 519 g/mol. The van der Waals surface area contributed by atoms with E-state index >= 15 is 0 Å². The zero-order chi connectivity index (χ0) is 25.6. The lowest BCUT2D eigenvalue weighted by atomic mass is 10.1. The summed E-state index contributed by atoms with van der Waals surface area (Å²) in [6, 6.07) is 17.1. The molecule has 188 valence electrons. The van der Waals surface area contributed by atoms with Gasteiger partial charge in [-0.1, -0.05) is 23.9 Å². The zero-order valence-corrected chi connectivity index (χ0v) is 20.5. The Bertz CT molecular complexity index is 1370. The molecule has 1 N–H and O–H groups in total. The van der Waals surface area contributed by atoms with Gasteiger partial charge in [-0.25, -0.2) is 4.39 Å². The van der Waals surface area contributed by atoms with Gasteiger partial charge in [0.2, 0.25) is 11.8 Å². The van der Waals surface area contributed by atoms with Crippen molar-refractivity contribution in [2.45, 2.75) is 5.22 Å². The number of hydrogen-bond donors (Lipinski definition) is 1. The van der Waals surface area contributed by atoms with E-state index in [1.165, 1.54) is 12.1 Å². The molecule has 37 heavy (non-hydrogen) atoms. The van der Waals surface area contributed by atoms with Crippen molar-refractivity contribution in [1.29, 1.82) is 0 Å². The normalized spacial score (nSPS) is 13.4. The van der Waals surface area contributed by atoms with Gasteiger partial charge in [0, 0.05) is 55.5 Å². The smallest absolute Gasteiger partial charge is 0.277 e. The Kier molecular flexibility index (Phi) is 7.41. The minimum Gasteiger partial charge on any atom is -0.411 e. The lowest BCUT2D eigenvalue weighted by Crippen LogP contribution is -2.49. The van der Waals surface area contributed by atoms with Crippen molar-refractivity contribution < 1.29 is 18.4 Å². The summed E-state index contributed by atoms with van der Waals surface area (Å²) < 4.78 is 19.6. The molecule has 2 aromatic carbocycles. The first-order valence-corrected chi connectivity index (χ1v) is 12.6. The van der Waals surface area contributed by atoms with Crippen LogP contribution < -0.4 is 10.2 Å². The number of hydrogen-bond acceptors (Lipinski definition) is 8. The highest BCUT2D eigenvalue weighted by Crippen LogP contribution is 2.24. The summed E-state index contributed by atoms with van der Waals surface area (Å²) in [6.45, 7) is 2.27. The quantitative estimate of drug-likeness (QED) is 0.367. The van der Waals surface area contributed by atoms with Gasteiger partial charge in [-0.15, -0.1) is 10.2 Å². The van der Waals surface area contributed by atoms with E-state index in [4.69, 9.17) is 4.42 Å². The Labute approximate surface area is 216 Å². The summed E-state index contributed by atoms with van der Waals surface area (Å²) in [5.74, 6) is -0.488. The average Bonchev–Trinajstić information content (AvgIpc) is 3.42. The predicted octanol–water partition coefficient (Wildman–Crippen LogP) is 3.96. The van der Waals surface area contributed by atoms with Crippen LogP contribution in [-0.2, 0) is 4.79 Å². The first-order valence-electron chi connectivity index (χ1n) is 11.6. The number of carbonyl (C=O) groups excluding carboxylic acids is 2. The molecule has 2 aromatic heterocycles. The molecule has 0 bridgehead atoms. The number of piperazine rings is 1. The molecule has 5 rings (SSSR count). The van der Waals surface area contributed by atoms with Crippen molar-refractivity contribution in [3.8, 4) is 11.5 Å². The number of thioether (sulfide) groups is 1.